The van der Waals surface area contributed by atoms with Crippen molar-refractivity contribution in [2.24, 2.45) is 0 Å². The first-order valence-electron chi connectivity index (χ1n) is 15.2. The van der Waals surface area contributed by atoms with Crippen LogP contribution in [0.1, 0.15) is 51.9 Å². The molecule has 0 aliphatic carbocycles. The zero-order valence-corrected chi connectivity index (χ0v) is 27.1. The summed E-state index contributed by atoms with van der Waals surface area (Å²) in [7, 11) is -7.29. The van der Waals surface area contributed by atoms with E-state index >= 15 is 0 Å². The van der Waals surface area contributed by atoms with E-state index in [4.69, 9.17) is 14.2 Å². The van der Waals surface area contributed by atoms with Crippen molar-refractivity contribution in [2.45, 2.75) is 71.5 Å². The molecule has 0 fully saturated rings. The molecule has 0 heterocycles. The predicted octanol–water partition coefficient (Wildman–Crippen LogP) is 7.65. The maximum absolute atomic E-state index is 13.0. The standard InChI is InChI=1S/C35H40O8S2/c1-2-3-25-41-29-11-19-34(20-12-29)45(39,40)35-23-15-31(16-24-35)43-27-8-6-4-5-7-26-42-30-13-21-33(22-14-30)44(37,38)32-17-9-28(36)10-18-32/h9-24,36H,2-8,25-27H2,1H3. The molecule has 1 N–H and O–H groups in total. The lowest BCUT2D eigenvalue weighted by molar-refractivity contribution is 0.293. The normalized spacial score (nSPS) is 11.7. The van der Waals surface area contributed by atoms with E-state index in [1.807, 2.05) is 0 Å². The number of hydrogen-bond donors (Lipinski definition) is 1. The Morgan fingerprint density at radius 3 is 1.07 bits per heavy atom. The molecule has 0 atom stereocenters. The average Bonchev–Trinajstić information content (AvgIpc) is 3.05. The second-order valence-corrected chi connectivity index (χ2v) is 14.5. The minimum Gasteiger partial charge on any atom is -0.508 e. The van der Waals surface area contributed by atoms with Crippen LogP contribution in [0.5, 0.6) is 23.0 Å². The Bertz CT molecular complexity index is 1680. The molecule has 0 saturated heterocycles. The van der Waals surface area contributed by atoms with Crippen molar-refractivity contribution in [2.75, 3.05) is 19.8 Å². The summed E-state index contributed by atoms with van der Waals surface area (Å²) >= 11 is 0. The third kappa shape index (κ3) is 9.73. The van der Waals surface area contributed by atoms with Crippen LogP contribution in [0.15, 0.2) is 117 Å². The van der Waals surface area contributed by atoms with Gasteiger partial charge in [-0.1, -0.05) is 32.6 Å². The molecule has 4 rings (SSSR count). The lowest BCUT2D eigenvalue weighted by Crippen LogP contribution is -2.03. The van der Waals surface area contributed by atoms with E-state index in [2.05, 4.69) is 6.92 Å². The van der Waals surface area contributed by atoms with Crippen LogP contribution in [0.3, 0.4) is 0 Å². The van der Waals surface area contributed by atoms with E-state index in [1.165, 1.54) is 36.4 Å². The van der Waals surface area contributed by atoms with E-state index in [9.17, 15) is 21.9 Å². The van der Waals surface area contributed by atoms with E-state index in [0.717, 1.165) is 44.9 Å². The Morgan fingerprint density at radius 2 is 0.733 bits per heavy atom. The Kier molecular flexibility index (Phi) is 12.3. The molecule has 0 spiro atoms. The largest absolute Gasteiger partial charge is 0.508 e. The van der Waals surface area contributed by atoms with Crippen LogP contribution >= 0.6 is 0 Å². The van der Waals surface area contributed by atoms with E-state index < -0.39 is 19.7 Å². The van der Waals surface area contributed by atoms with Crippen LogP contribution in [0.4, 0.5) is 0 Å². The first-order chi connectivity index (χ1) is 21.7. The van der Waals surface area contributed by atoms with Crippen molar-refractivity contribution in [3.8, 4) is 23.0 Å². The highest BCUT2D eigenvalue weighted by Crippen LogP contribution is 2.26. The highest BCUT2D eigenvalue weighted by Gasteiger charge is 2.19. The summed E-state index contributed by atoms with van der Waals surface area (Å²) in [5.41, 5.74) is 0. The van der Waals surface area contributed by atoms with Crippen LogP contribution in [0.2, 0.25) is 0 Å². The third-order valence-corrected chi connectivity index (χ3v) is 10.7. The number of sulfone groups is 2. The lowest BCUT2D eigenvalue weighted by atomic mass is 10.1. The number of benzene rings is 4. The fraction of sp³-hybridized carbons (Fsp3) is 0.314. The highest BCUT2D eigenvalue weighted by molar-refractivity contribution is 7.91. The molecule has 0 amide bonds. The lowest BCUT2D eigenvalue weighted by Gasteiger charge is -2.10. The summed E-state index contributed by atoms with van der Waals surface area (Å²) in [6.45, 7) is 3.77. The topological polar surface area (TPSA) is 116 Å². The smallest absolute Gasteiger partial charge is 0.206 e. The quantitative estimate of drug-likeness (QED) is 0.109. The Labute approximate surface area is 266 Å². The van der Waals surface area contributed by atoms with Gasteiger partial charge in [-0.2, -0.15) is 0 Å². The minimum absolute atomic E-state index is 0.0102. The fourth-order valence-electron chi connectivity index (χ4n) is 4.49. The van der Waals surface area contributed by atoms with Crippen LogP contribution in [-0.4, -0.2) is 41.8 Å². The number of unbranched alkanes of at least 4 members (excludes halogenated alkanes) is 5. The molecule has 8 nitrogen and oxygen atoms in total. The van der Waals surface area contributed by atoms with Gasteiger partial charge in [-0.25, -0.2) is 16.8 Å². The SMILES string of the molecule is CCCCOc1ccc(S(=O)(=O)c2ccc(OCCCCCCCOc3ccc(S(=O)(=O)c4ccc(O)cc4)cc3)cc2)cc1. The highest BCUT2D eigenvalue weighted by atomic mass is 32.2. The van der Waals surface area contributed by atoms with Gasteiger partial charge in [-0.15, -0.1) is 0 Å². The second-order valence-electron chi connectivity index (χ2n) is 10.6. The monoisotopic (exact) mass is 652 g/mol. The number of aromatic hydroxyl groups is 1. The number of rotatable bonds is 18. The molecule has 10 heteroatoms. The zero-order valence-electron chi connectivity index (χ0n) is 25.4. The summed E-state index contributed by atoms with van der Waals surface area (Å²) < 4.78 is 68.6. The van der Waals surface area contributed by atoms with Crippen molar-refractivity contribution < 1.29 is 36.2 Å². The molecule has 45 heavy (non-hydrogen) atoms. The number of phenolic OH excluding ortho intramolecular Hbond substituents is 1. The van der Waals surface area contributed by atoms with Crippen molar-refractivity contribution in [3.05, 3.63) is 97.1 Å². The Morgan fingerprint density at radius 1 is 0.444 bits per heavy atom. The number of hydrogen-bond acceptors (Lipinski definition) is 8. The van der Waals surface area contributed by atoms with Gasteiger partial charge >= 0.3 is 0 Å². The van der Waals surface area contributed by atoms with Crippen LogP contribution in [-0.2, 0) is 19.7 Å². The molecule has 0 unspecified atom stereocenters. The Balaban J connectivity index is 1.10. The molecule has 0 radical (unpaired) electrons. The molecular formula is C35H40O8S2. The van der Waals surface area contributed by atoms with Gasteiger partial charge < -0.3 is 19.3 Å². The summed E-state index contributed by atoms with van der Waals surface area (Å²) in [5.74, 6) is 1.91. The summed E-state index contributed by atoms with van der Waals surface area (Å²) in [6, 6.07) is 24.8. The van der Waals surface area contributed by atoms with Gasteiger partial charge in [-0.3, -0.25) is 0 Å². The van der Waals surface area contributed by atoms with Gasteiger partial charge in [0.2, 0.25) is 19.7 Å². The molecule has 4 aromatic carbocycles. The number of ether oxygens (including phenoxy) is 3. The molecule has 0 bridgehead atoms. The molecule has 4 aromatic rings. The van der Waals surface area contributed by atoms with Gasteiger partial charge in [-0.05, 0) is 116 Å². The van der Waals surface area contributed by atoms with Gasteiger partial charge in [0.1, 0.15) is 23.0 Å². The maximum Gasteiger partial charge on any atom is 0.206 e. The van der Waals surface area contributed by atoms with Crippen molar-refractivity contribution in [1.29, 1.82) is 0 Å². The minimum atomic E-state index is -3.66. The molecule has 0 aromatic heterocycles. The fourth-order valence-corrected chi connectivity index (χ4v) is 7.01. The molecule has 240 valence electrons. The predicted molar refractivity (Wildman–Crippen MR) is 173 cm³/mol. The first-order valence-corrected chi connectivity index (χ1v) is 18.1. The van der Waals surface area contributed by atoms with Gasteiger partial charge in [0, 0.05) is 0 Å². The average molecular weight is 653 g/mol. The molecule has 0 aliphatic rings. The van der Waals surface area contributed by atoms with Crippen molar-refractivity contribution >= 4 is 19.7 Å². The van der Waals surface area contributed by atoms with Gasteiger partial charge in [0.15, 0.2) is 0 Å². The molecule has 0 saturated carbocycles. The van der Waals surface area contributed by atoms with Crippen LogP contribution in [0, 0.1) is 0 Å². The van der Waals surface area contributed by atoms with Crippen molar-refractivity contribution in [3.63, 3.8) is 0 Å². The van der Waals surface area contributed by atoms with E-state index in [1.54, 1.807) is 60.7 Å². The number of phenols is 1. The second kappa shape index (κ2) is 16.3. The Hall–Kier alpha value is -4.02. The summed E-state index contributed by atoms with van der Waals surface area (Å²) in [4.78, 5) is 0.721. The molecular weight excluding hydrogens is 613 g/mol. The van der Waals surface area contributed by atoms with Crippen LogP contribution in [0.25, 0.3) is 0 Å². The van der Waals surface area contributed by atoms with E-state index in [-0.39, 0.29) is 25.3 Å². The maximum atomic E-state index is 13.0. The van der Waals surface area contributed by atoms with Gasteiger partial charge in [0.25, 0.3) is 0 Å². The summed E-state index contributed by atoms with van der Waals surface area (Å²) in [5, 5.41) is 9.39. The van der Waals surface area contributed by atoms with E-state index in [0.29, 0.717) is 37.1 Å². The summed E-state index contributed by atoms with van der Waals surface area (Å²) in [6.07, 6.45) is 6.75. The third-order valence-electron chi connectivity index (χ3n) is 7.14. The van der Waals surface area contributed by atoms with Gasteiger partial charge in [0.05, 0.1) is 39.4 Å². The first kappa shape index (κ1) is 33.9. The molecule has 0 aliphatic heterocycles. The zero-order chi connectivity index (χ0) is 32.1. The van der Waals surface area contributed by atoms with Crippen molar-refractivity contribution in [1.82, 2.24) is 0 Å². The van der Waals surface area contributed by atoms with Crippen LogP contribution < -0.4 is 14.2 Å².